The van der Waals surface area contributed by atoms with E-state index in [1.54, 1.807) is 7.11 Å². The Hall–Kier alpha value is -0.160. The van der Waals surface area contributed by atoms with Gasteiger partial charge >= 0.3 is 0 Å². The summed E-state index contributed by atoms with van der Waals surface area (Å²) in [6, 6.07) is 0.572. The topological polar surface area (TPSA) is 33.7 Å². The van der Waals surface area contributed by atoms with E-state index < -0.39 is 0 Å². The Morgan fingerprint density at radius 2 is 1.86 bits per heavy atom. The van der Waals surface area contributed by atoms with Gasteiger partial charge in [-0.3, -0.25) is 4.90 Å². The van der Waals surface area contributed by atoms with E-state index in [1.165, 1.54) is 25.7 Å². The molecule has 0 bridgehead atoms. The van der Waals surface area contributed by atoms with Crippen LogP contribution in [-0.4, -0.2) is 63.0 Å². The van der Waals surface area contributed by atoms with Gasteiger partial charge in [0, 0.05) is 38.3 Å². The lowest BCUT2D eigenvalue weighted by Crippen LogP contribution is -2.66. The van der Waals surface area contributed by atoms with Crippen LogP contribution in [0.4, 0.5) is 0 Å². The summed E-state index contributed by atoms with van der Waals surface area (Å²) in [6.45, 7) is 12.6. The molecule has 1 saturated carbocycles. The van der Waals surface area contributed by atoms with Gasteiger partial charge in [0.05, 0.1) is 19.8 Å². The lowest BCUT2D eigenvalue weighted by molar-refractivity contribution is -0.0111. The minimum atomic E-state index is 0.315. The Kier molecular flexibility index (Phi) is 6.06. The average molecular weight is 298 g/mol. The first-order valence-corrected chi connectivity index (χ1v) is 8.53. The predicted octanol–water partition coefficient (Wildman–Crippen LogP) is 2.28. The molecule has 0 amide bonds. The van der Waals surface area contributed by atoms with Crippen molar-refractivity contribution in [2.45, 2.75) is 58.0 Å². The molecule has 1 N–H and O–H groups in total. The first kappa shape index (κ1) is 17.2. The molecular weight excluding hydrogens is 264 g/mol. The zero-order valence-electron chi connectivity index (χ0n) is 14.4. The van der Waals surface area contributed by atoms with Gasteiger partial charge in [0.1, 0.15) is 0 Å². The van der Waals surface area contributed by atoms with Crippen LogP contribution in [0.2, 0.25) is 0 Å². The van der Waals surface area contributed by atoms with Crippen LogP contribution in [-0.2, 0) is 9.47 Å². The summed E-state index contributed by atoms with van der Waals surface area (Å²) >= 11 is 0. The average Bonchev–Trinajstić information content (AvgIpc) is 2.88. The number of rotatable bonds is 6. The number of nitrogens with one attached hydrogen (secondary N) is 1. The van der Waals surface area contributed by atoms with Gasteiger partial charge in [-0.25, -0.2) is 0 Å². The molecule has 1 atom stereocenters. The minimum Gasteiger partial charge on any atom is -0.382 e. The van der Waals surface area contributed by atoms with E-state index in [-0.39, 0.29) is 0 Å². The lowest BCUT2D eigenvalue weighted by Gasteiger charge is -2.51. The fourth-order valence-corrected chi connectivity index (χ4v) is 3.76. The molecule has 0 aromatic carbocycles. The monoisotopic (exact) mass is 298 g/mol. The van der Waals surface area contributed by atoms with Crippen molar-refractivity contribution < 1.29 is 9.47 Å². The van der Waals surface area contributed by atoms with Crippen LogP contribution in [0.25, 0.3) is 0 Å². The first-order chi connectivity index (χ1) is 9.98. The normalized spacial score (nSPS) is 26.6. The van der Waals surface area contributed by atoms with Crippen LogP contribution in [0.1, 0.15) is 46.5 Å². The maximum Gasteiger partial charge on any atom is 0.0700 e. The fourth-order valence-electron chi connectivity index (χ4n) is 3.76. The largest absolute Gasteiger partial charge is 0.382 e. The molecule has 2 fully saturated rings. The second kappa shape index (κ2) is 7.40. The number of nitrogens with zero attached hydrogens (tertiary/aromatic N) is 1. The molecule has 4 heteroatoms. The van der Waals surface area contributed by atoms with E-state index in [0.717, 1.165) is 26.2 Å². The maximum atomic E-state index is 5.71. The second-order valence-electron chi connectivity index (χ2n) is 7.78. The molecule has 1 saturated heterocycles. The molecule has 0 aromatic rings. The third kappa shape index (κ3) is 4.41. The van der Waals surface area contributed by atoms with Crippen LogP contribution in [0.3, 0.4) is 0 Å². The summed E-state index contributed by atoms with van der Waals surface area (Å²) in [7, 11) is 1.72. The van der Waals surface area contributed by atoms with Crippen LogP contribution in [0.15, 0.2) is 0 Å². The molecule has 1 aliphatic carbocycles. The van der Waals surface area contributed by atoms with Crippen molar-refractivity contribution in [2.75, 3.05) is 46.6 Å². The molecule has 1 unspecified atom stereocenters. The third-order valence-corrected chi connectivity index (χ3v) is 5.27. The van der Waals surface area contributed by atoms with Crippen molar-refractivity contribution in [2.24, 2.45) is 5.41 Å². The molecule has 1 spiro atoms. The summed E-state index contributed by atoms with van der Waals surface area (Å²) in [5, 5.41) is 3.83. The number of hydrogen-bond donors (Lipinski definition) is 1. The van der Waals surface area contributed by atoms with Crippen molar-refractivity contribution in [1.29, 1.82) is 0 Å². The number of hydrogen-bond acceptors (Lipinski definition) is 4. The van der Waals surface area contributed by atoms with Gasteiger partial charge in [-0.2, -0.15) is 0 Å². The van der Waals surface area contributed by atoms with Crippen LogP contribution in [0, 0.1) is 5.41 Å². The van der Waals surface area contributed by atoms with Gasteiger partial charge in [0.15, 0.2) is 0 Å². The smallest absolute Gasteiger partial charge is 0.0700 e. The summed E-state index contributed by atoms with van der Waals surface area (Å²) in [6.07, 6.45) is 5.44. The predicted molar refractivity (Wildman–Crippen MR) is 86.7 cm³/mol. The number of piperazine rings is 1. The molecule has 4 nitrogen and oxygen atoms in total. The number of ether oxygens (including phenoxy) is 2. The second-order valence-corrected chi connectivity index (χ2v) is 7.78. The molecular formula is C17H34N2O2. The zero-order chi connectivity index (χ0) is 15.3. The van der Waals surface area contributed by atoms with Gasteiger partial charge in [0.25, 0.3) is 0 Å². The van der Waals surface area contributed by atoms with Crippen LogP contribution >= 0.6 is 0 Å². The highest BCUT2D eigenvalue weighted by molar-refractivity contribution is 5.03. The van der Waals surface area contributed by atoms with Crippen molar-refractivity contribution in [3.8, 4) is 0 Å². The van der Waals surface area contributed by atoms with Gasteiger partial charge in [0.2, 0.25) is 0 Å². The third-order valence-electron chi connectivity index (χ3n) is 5.27. The highest BCUT2D eigenvalue weighted by Crippen LogP contribution is 2.38. The zero-order valence-corrected chi connectivity index (χ0v) is 14.4. The van der Waals surface area contributed by atoms with Gasteiger partial charge in [-0.05, 0) is 18.3 Å². The Bertz CT molecular complexity index is 308. The van der Waals surface area contributed by atoms with E-state index in [0.29, 0.717) is 30.2 Å². The Balaban J connectivity index is 1.90. The van der Waals surface area contributed by atoms with Crippen molar-refractivity contribution in [1.82, 2.24) is 10.2 Å². The van der Waals surface area contributed by atoms with Crippen LogP contribution in [0.5, 0.6) is 0 Å². The SMILES string of the molecule is COCCOCCN1CC(C(C)(C)C)NCC12CCCC2. The fraction of sp³-hybridized carbons (Fsp3) is 1.00. The molecule has 1 heterocycles. The summed E-state index contributed by atoms with van der Waals surface area (Å²) in [5.41, 5.74) is 0.710. The molecule has 0 radical (unpaired) electrons. The molecule has 21 heavy (non-hydrogen) atoms. The van der Waals surface area contributed by atoms with E-state index in [1.807, 2.05) is 0 Å². The summed E-state index contributed by atoms with van der Waals surface area (Å²) < 4.78 is 10.8. The standard InChI is InChI=1S/C17H34N2O2/c1-16(2,3)15-13-19(9-10-21-12-11-20-4)17(14-18-15)7-5-6-8-17/h15,18H,5-14H2,1-4H3. The van der Waals surface area contributed by atoms with Crippen LogP contribution < -0.4 is 5.32 Å². The molecule has 2 aliphatic rings. The van der Waals surface area contributed by atoms with Crippen molar-refractivity contribution >= 4 is 0 Å². The van der Waals surface area contributed by atoms with E-state index in [4.69, 9.17) is 9.47 Å². The van der Waals surface area contributed by atoms with E-state index in [2.05, 4.69) is 31.0 Å². The molecule has 0 aromatic heterocycles. The van der Waals surface area contributed by atoms with Gasteiger partial charge in [-0.1, -0.05) is 33.6 Å². The molecule has 1 aliphatic heterocycles. The highest BCUT2D eigenvalue weighted by atomic mass is 16.5. The molecule has 2 rings (SSSR count). The van der Waals surface area contributed by atoms with Gasteiger partial charge in [-0.15, -0.1) is 0 Å². The van der Waals surface area contributed by atoms with Crippen molar-refractivity contribution in [3.05, 3.63) is 0 Å². The lowest BCUT2D eigenvalue weighted by atomic mass is 9.81. The summed E-state index contributed by atoms with van der Waals surface area (Å²) in [4.78, 5) is 2.72. The Morgan fingerprint density at radius 1 is 1.14 bits per heavy atom. The van der Waals surface area contributed by atoms with Crippen molar-refractivity contribution in [3.63, 3.8) is 0 Å². The van der Waals surface area contributed by atoms with E-state index >= 15 is 0 Å². The quantitative estimate of drug-likeness (QED) is 0.763. The summed E-state index contributed by atoms with van der Waals surface area (Å²) in [5.74, 6) is 0. The Morgan fingerprint density at radius 3 is 2.48 bits per heavy atom. The van der Waals surface area contributed by atoms with E-state index in [9.17, 15) is 0 Å². The first-order valence-electron chi connectivity index (χ1n) is 8.53. The van der Waals surface area contributed by atoms with Gasteiger partial charge < -0.3 is 14.8 Å². The Labute approximate surface area is 130 Å². The maximum absolute atomic E-state index is 5.71. The highest BCUT2D eigenvalue weighted by Gasteiger charge is 2.45. The number of methoxy groups -OCH3 is 1. The minimum absolute atomic E-state index is 0.315. The molecule has 124 valence electrons.